The van der Waals surface area contributed by atoms with Crippen molar-refractivity contribution in [3.8, 4) is 17.2 Å². The number of rotatable bonds is 9. The number of carbonyl (C=O) groups is 1. The van der Waals surface area contributed by atoms with Gasteiger partial charge in [0.05, 0.1) is 12.9 Å². The predicted octanol–water partition coefficient (Wildman–Crippen LogP) is 3.22. The molecule has 0 bridgehead atoms. The lowest BCUT2D eigenvalue weighted by Crippen LogP contribution is -2.31. The van der Waals surface area contributed by atoms with E-state index >= 15 is 0 Å². The summed E-state index contributed by atoms with van der Waals surface area (Å²) in [4.78, 5) is 14.5. The molecule has 1 aromatic heterocycles. The van der Waals surface area contributed by atoms with Gasteiger partial charge < -0.3 is 19.4 Å². The van der Waals surface area contributed by atoms with Crippen LogP contribution in [0.1, 0.15) is 32.1 Å². The molecule has 1 saturated heterocycles. The monoisotopic (exact) mass is 404 g/mol. The van der Waals surface area contributed by atoms with E-state index in [9.17, 15) is 4.79 Å². The van der Waals surface area contributed by atoms with Crippen LogP contribution in [0.15, 0.2) is 33.9 Å². The Labute approximate surface area is 170 Å². The molecule has 0 unspecified atom stereocenters. The number of nitrogens with zero attached hydrogens (tertiary/aromatic N) is 3. The largest absolute Gasteiger partial charge is 0.497 e. The first-order valence-electron chi connectivity index (χ1n) is 9.84. The first kappa shape index (κ1) is 20.7. The zero-order valence-electron chi connectivity index (χ0n) is 16.4. The fraction of sp³-hybridized carbons (Fsp3) is 0.550. The Hall–Kier alpha value is -2.06. The highest BCUT2D eigenvalue weighted by Crippen LogP contribution is 2.24. The highest BCUT2D eigenvalue weighted by Gasteiger charge is 2.12. The molecular weight excluding hydrogens is 376 g/mol. The van der Waals surface area contributed by atoms with Crippen LogP contribution in [-0.2, 0) is 4.79 Å². The molecule has 1 aliphatic heterocycles. The van der Waals surface area contributed by atoms with Crippen molar-refractivity contribution in [2.75, 3.05) is 39.0 Å². The minimum absolute atomic E-state index is 0.00920. The Bertz CT molecular complexity index is 727. The van der Waals surface area contributed by atoms with Crippen LogP contribution in [0.3, 0.4) is 0 Å². The van der Waals surface area contributed by atoms with Crippen molar-refractivity contribution in [1.29, 1.82) is 0 Å². The number of likely N-dealkylation sites (tertiary alicyclic amines) is 1. The molecule has 152 valence electrons. The molecule has 0 aliphatic carbocycles. The highest BCUT2D eigenvalue weighted by atomic mass is 32.2. The van der Waals surface area contributed by atoms with Crippen molar-refractivity contribution in [2.24, 2.45) is 0 Å². The fourth-order valence-electron chi connectivity index (χ4n) is 3.19. The summed E-state index contributed by atoms with van der Waals surface area (Å²) in [6.07, 6.45) is 6.27. The van der Waals surface area contributed by atoms with Crippen LogP contribution in [0.5, 0.6) is 5.75 Å². The van der Waals surface area contributed by atoms with Gasteiger partial charge in [0.2, 0.25) is 11.8 Å². The summed E-state index contributed by atoms with van der Waals surface area (Å²) in [6.45, 7) is 4.15. The molecule has 2 heterocycles. The normalized spacial score (nSPS) is 15.2. The van der Waals surface area contributed by atoms with Gasteiger partial charge in [-0.2, -0.15) is 0 Å². The second-order valence-corrected chi connectivity index (χ2v) is 7.78. The summed E-state index contributed by atoms with van der Waals surface area (Å²) in [6, 6.07) is 7.40. The topological polar surface area (TPSA) is 80.5 Å². The molecular formula is C20H28N4O3S. The molecule has 1 fully saturated rings. The molecule has 28 heavy (non-hydrogen) atoms. The van der Waals surface area contributed by atoms with Crippen LogP contribution >= 0.6 is 11.8 Å². The van der Waals surface area contributed by atoms with E-state index in [0.717, 1.165) is 24.3 Å². The first-order chi connectivity index (χ1) is 13.7. The minimum Gasteiger partial charge on any atom is -0.497 e. The number of carbonyl (C=O) groups excluding carboxylic acids is 1. The molecule has 3 rings (SSSR count). The van der Waals surface area contributed by atoms with E-state index in [1.807, 2.05) is 24.3 Å². The Morgan fingerprint density at radius 3 is 2.64 bits per heavy atom. The average molecular weight is 405 g/mol. The molecule has 1 amide bonds. The predicted molar refractivity (Wildman–Crippen MR) is 110 cm³/mol. The fourth-order valence-corrected chi connectivity index (χ4v) is 3.78. The van der Waals surface area contributed by atoms with Crippen LogP contribution in [0.2, 0.25) is 0 Å². The number of hydrogen-bond donors (Lipinski definition) is 1. The van der Waals surface area contributed by atoms with Crippen molar-refractivity contribution in [2.45, 2.75) is 37.3 Å². The summed E-state index contributed by atoms with van der Waals surface area (Å²) in [5.41, 5.74) is 0.818. The van der Waals surface area contributed by atoms with E-state index in [2.05, 4.69) is 20.4 Å². The summed E-state index contributed by atoms with van der Waals surface area (Å²) in [5, 5.41) is 11.4. The van der Waals surface area contributed by atoms with Gasteiger partial charge in [-0.05, 0) is 63.2 Å². The molecule has 8 heteroatoms. The number of benzene rings is 1. The maximum atomic E-state index is 12.0. The van der Waals surface area contributed by atoms with Gasteiger partial charge >= 0.3 is 0 Å². The van der Waals surface area contributed by atoms with Crippen LogP contribution in [0.4, 0.5) is 0 Å². The molecule has 0 atom stereocenters. The molecule has 1 aromatic carbocycles. The molecule has 0 saturated carbocycles. The molecule has 1 N–H and O–H groups in total. The van der Waals surface area contributed by atoms with Crippen LogP contribution in [0.25, 0.3) is 11.5 Å². The molecule has 0 spiro atoms. The molecule has 7 nitrogen and oxygen atoms in total. The quantitative estimate of drug-likeness (QED) is 0.508. The minimum atomic E-state index is -0.00920. The first-order valence-corrected chi connectivity index (χ1v) is 10.8. The maximum Gasteiger partial charge on any atom is 0.277 e. The Morgan fingerprint density at radius 1 is 1.18 bits per heavy atom. The van der Waals surface area contributed by atoms with Crippen LogP contribution < -0.4 is 10.1 Å². The number of methoxy groups -OCH3 is 1. The third-order valence-electron chi connectivity index (χ3n) is 4.74. The number of ether oxygens (including phenoxy) is 1. The van der Waals surface area contributed by atoms with Crippen LogP contribution in [-0.4, -0.2) is 60.0 Å². The zero-order valence-corrected chi connectivity index (χ0v) is 17.2. The van der Waals surface area contributed by atoms with E-state index in [0.29, 0.717) is 17.7 Å². The summed E-state index contributed by atoms with van der Waals surface area (Å²) < 4.78 is 10.8. The van der Waals surface area contributed by atoms with E-state index in [4.69, 9.17) is 9.15 Å². The summed E-state index contributed by atoms with van der Waals surface area (Å²) in [5.74, 6) is 1.46. The number of amides is 1. The van der Waals surface area contributed by atoms with E-state index in [1.54, 1.807) is 7.11 Å². The van der Waals surface area contributed by atoms with Crippen molar-refractivity contribution in [3.05, 3.63) is 24.3 Å². The second-order valence-electron chi connectivity index (χ2n) is 6.85. The maximum absolute atomic E-state index is 12.0. The van der Waals surface area contributed by atoms with Gasteiger partial charge in [-0.25, -0.2) is 0 Å². The van der Waals surface area contributed by atoms with E-state index in [1.165, 1.54) is 50.5 Å². The van der Waals surface area contributed by atoms with Gasteiger partial charge in [0, 0.05) is 12.1 Å². The van der Waals surface area contributed by atoms with Gasteiger partial charge in [0.25, 0.3) is 5.22 Å². The Kier molecular flexibility index (Phi) is 8.17. The lowest BCUT2D eigenvalue weighted by atomic mass is 10.2. The Morgan fingerprint density at radius 2 is 1.93 bits per heavy atom. The standard InChI is InChI=1S/C20H28N4O3S/c1-26-17-9-7-16(8-10-17)19-22-23-20(27-19)28-15-18(25)21-11-6-14-24-12-4-2-3-5-13-24/h7-10H,2-6,11-15H2,1H3,(H,21,25). The van der Waals surface area contributed by atoms with Gasteiger partial charge in [0.15, 0.2) is 0 Å². The summed E-state index contributed by atoms with van der Waals surface area (Å²) >= 11 is 1.25. The molecule has 1 aliphatic rings. The third kappa shape index (κ3) is 6.53. The van der Waals surface area contributed by atoms with Gasteiger partial charge in [-0.3, -0.25) is 4.79 Å². The van der Waals surface area contributed by atoms with Gasteiger partial charge in [0.1, 0.15) is 5.75 Å². The lowest BCUT2D eigenvalue weighted by Gasteiger charge is -2.19. The molecule has 2 aromatic rings. The van der Waals surface area contributed by atoms with Gasteiger partial charge in [-0.15, -0.1) is 10.2 Å². The van der Waals surface area contributed by atoms with Crippen molar-refractivity contribution in [1.82, 2.24) is 20.4 Å². The second kappa shape index (κ2) is 11.1. The Balaban J connectivity index is 1.34. The lowest BCUT2D eigenvalue weighted by molar-refractivity contribution is -0.118. The van der Waals surface area contributed by atoms with E-state index in [-0.39, 0.29) is 11.7 Å². The van der Waals surface area contributed by atoms with Gasteiger partial charge in [-0.1, -0.05) is 24.6 Å². The van der Waals surface area contributed by atoms with Crippen molar-refractivity contribution < 1.29 is 13.9 Å². The number of thioether (sulfide) groups is 1. The number of hydrogen-bond acceptors (Lipinski definition) is 7. The summed E-state index contributed by atoms with van der Waals surface area (Å²) in [7, 11) is 1.62. The SMILES string of the molecule is COc1ccc(-c2nnc(SCC(=O)NCCCN3CCCCCC3)o2)cc1. The number of aromatic nitrogens is 2. The molecule has 0 radical (unpaired) electrons. The average Bonchev–Trinajstić information content (AvgIpc) is 3.05. The van der Waals surface area contributed by atoms with E-state index < -0.39 is 0 Å². The highest BCUT2D eigenvalue weighted by molar-refractivity contribution is 7.99. The smallest absolute Gasteiger partial charge is 0.277 e. The zero-order chi connectivity index (χ0) is 19.6. The number of nitrogens with one attached hydrogen (secondary N) is 1. The van der Waals surface area contributed by atoms with Crippen molar-refractivity contribution >= 4 is 17.7 Å². The van der Waals surface area contributed by atoms with Crippen molar-refractivity contribution in [3.63, 3.8) is 0 Å². The van der Waals surface area contributed by atoms with Crippen LogP contribution in [0, 0.1) is 0 Å². The third-order valence-corrected chi connectivity index (χ3v) is 5.56.